The van der Waals surface area contributed by atoms with Crippen LogP contribution in [0.3, 0.4) is 0 Å². The summed E-state index contributed by atoms with van der Waals surface area (Å²) in [6.07, 6.45) is 22.1. The van der Waals surface area contributed by atoms with E-state index in [-0.39, 0.29) is 0 Å². The molecule has 0 aromatic carbocycles. The van der Waals surface area contributed by atoms with Crippen LogP contribution in [0.15, 0.2) is 4.99 Å². The molecule has 0 saturated carbocycles. The topological polar surface area (TPSA) is 29.4 Å². The van der Waals surface area contributed by atoms with Gasteiger partial charge in [0.1, 0.15) is 0 Å². The van der Waals surface area contributed by atoms with Crippen molar-refractivity contribution in [1.29, 1.82) is 0 Å². The van der Waals surface area contributed by atoms with Crippen LogP contribution in [-0.4, -0.2) is 12.6 Å². The third-order valence-electron chi connectivity index (χ3n) is 3.94. The Bertz CT molecular complexity index is 221. The molecule has 0 rings (SSSR count). The van der Waals surface area contributed by atoms with Crippen LogP contribution in [0.5, 0.6) is 0 Å². The average Bonchev–Trinajstić information content (AvgIpc) is 2.47. The first kappa shape index (κ1) is 19.4. The van der Waals surface area contributed by atoms with Gasteiger partial charge in [-0.2, -0.15) is 0 Å². The van der Waals surface area contributed by atoms with Crippen molar-refractivity contribution in [2.75, 3.05) is 6.54 Å². The van der Waals surface area contributed by atoms with E-state index in [2.05, 4.69) is 11.9 Å². The second kappa shape index (κ2) is 18.4. The van der Waals surface area contributed by atoms with Gasteiger partial charge >= 0.3 is 0 Å². The van der Waals surface area contributed by atoms with Crippen LogP contribution in [0.1, 0.15) is 103 Å². The first-order valence-electron chi connectivity index (χ1n) is 8.95. The molecule has 20 heavy (non-hydrogen) atoms. The van der Waals surface area contributed by atoms with Crippen molar-refractivity contribution in [2.45, 2.75) is 103 Å². The average molecular weight is 281 g/mol. The Morgan fingerprint density at radius 1 is 0.600 bits per heavy atom. The lowest BCUT2D eigenvalue weighted by molar-refractivity contribution is 0.532. The molecule has 0 spiro atoms. The normalized spacial score (nSPS) is 10.4. The zero-order valence-electron chi connectivity index (χ0n) is 13.7. The maximum absolute atomic E-state index is 9.86. The van der Waals surface area contributed by atoms with Crippen LogP contribution in [-0.2, 0) is 4.79 Å². The molecule has 0 saturated heterocycles. The maximum Gasteiger partial charge on any atom is 0.234 e. The van der Waals surface area contributed by atoms with E-state index in [0.717, 1.165) is 6.42 Å². The molecule has 0 bridgehead atoms. The van der Waals surface area contributed by atoms with Crippen molar-refractivity contribution in [3.63, 3.8) is 0 Å². The summed E-state index contributed by atoms with van der Waals surface area (Å²) in [6, 6.07) is 0. The van der Waals surface area contributed by atoms with Gasteiger partial charge in [0.05, 0.1) is 6.54 Å². The molecule has 118 valence electrons. The molecule has 0 radical (unpaired) electrons. The minimum Gasteiger partial charge on any atom is -0.211 e. The molecule has 0 amide bonds. The van der Waals surface area contributed by atoms with Gasteiger partial charge in [-0.3, -0.25) is 0 Å². The number of carbonyl (C=O) groups excluding carboxylic acids is 1. The predicted octanol–water partition coefficient (Wildman–Crippen LogP) is 6.19. The Hall–Kier alpha value is -0.620. The zero-order valence-corrected chi connectivity index (χ0v) is 13.7. The molecular weight excluding hydrogens is 246 g/mol. The first-order chi connectivity index (χ1) is 9.91. The molecule has 0 aliphatic heterocycles. The van der Waals surface area contributed by atoms with Gasteiger partial charge in [0, 0.05) is 0 Å². The predicted molar refractivity (Wildman–Crippen MR) is 87.9 cm³/mol. The number of nitrogens with zero attached hydrogens (tertiary/aromatic N) is 1. The van der Waals surface area contributed by atoms with Crippen LogP contribution in [0, 0.1) is 0 Å². The van der Waals surface area contributed by atoms with Crippen LogP contribution in [0.2, 0.25) is 0 Å². The van der Waals surface area contributed by atoms with Gasteiger partial charge in [0.15, 0.2) is 0 Å². The number of aliphatic imine (C=N–C) groups is 1. The monoisotopic (exact) mass is 281 g/mol. The Kier molecular flexibility index (Phi) is 17.8. The van der Waals surface area contributed by atoms with Crippen LogP contribution >= 0.6 is 0 Å². The molecule has 2 nitrogen and oxygen atoms in total. The van der Waals surface area contributed by atoms with E-state index in [1.807, 2.05) is 0 Å². The number of unbranched alkanes of at least 4 members (excludes halogenated alkanes) is 14. The van der Waals surface area contributed by atoms with Crippen molar-refractivity contribution in [3.05, 3.63) is 0 Å². The number of hydrogen-bond donors (Lipinski definition) is 0. The molecule has 0 atom stereocenters. The van der Waals surface area contributed by atoms with Crippen LogP contribution in [0.25, 0.3) is 0 Å². The summed E-state index contributed by atoms with van der Waals surface area (Å²) < 4.78 is 0. The van der Waals surface area contributed by atoms with Crippen molar-refractivity contribution in [2.24, 2.45) is 4.99 Å². The van der Waals surface area contributed by atoms with E-state index in [0.29, 0.717) is 6.54 Å². The zero-order chi connectivity index (χ0) is 14.7. The molecule has 0 unspecified atom stereocenters. The Morgan fingerprint density at radius 2 is 0.950 bits per heavy atom. The Morgan fingerprint density at radius 3 is 1.30 bits per heavy atom. The molecule has 0 N–H and O–H groups in total. The van der Waals surface area contributed by atoms with Gasteiger partial charge in [0.2, 0.25) is 6.08 Å². The highest BCUT2D eigenvalue weighted by Gasteiger charge is 1.94. The third-order valence-corrected chi connectivity index (χ3v) is 3.94. The lowest BCUT2D eigenvalue weighted by Crippen LogP contribution is -1.84. The van der Waals surface area contributed by atoms with E-state index < -0.39 is 0 Å². The fourth-order valence-corrected chi connectivity index (χ4v) is 2.61. The molecule has 0 aromatic rings. The van der Waals surface area contributed by atoms with E-state index in [9.17, 15) is 4.79 Å². The fourth-order valence-electron chi connectivity index (χ4n) is 2.61. The lowest BCUT2D eigenvalue weighted by atomic mass is 10.0. The van der Waals surface area contributed by atoms with Crippen molar-refractivity contribution < 1.29 is 4.79 Å². The molecule has 0 aliphatic carbocycles. The highest BCUT2D eigenvalue weighted by atomic mass is 16.1. The van der Waals surface area contributed by atoms with Gasteiger partial charge < -0.3 is 0 Å². The first-order valence-corrected chi connectivity index (χ1v) is 8.95. The minimum absolute atomic E-state index is 0.668. The quantitative estimate of drug-likeness (QED) is 0.188. The summed E-state index contributed by atoms with van der Waals surface area (Å²) in [5.41, 5.74) is 0. The van der Waals surface area contributed by atoms with Gasteiger partial charge in [-0.1, -0.05) is 96.8 Å². The van der Waals surface area contributed by atoms with Crippen molar-refractivity contribution >= 4 is 6.08 Å². The molecule has 2 heteroatoms. The summed E-state index contributed by atoms with van der Waals surface area (Å²) in [5, 5.41) is 0. The second-order valence-electron chi connectivity index (χ2n) is 5.92. The maximum atomic E-state index is 9.86. The summed E-state index contributed by atoms with van der Waals surface area (Å²) in [5.74, 6) is 0. The second-order valence-corrected chi connectivity index (χ2v) is 5.92. The minimum atomic E-state index is 0.668. The highest BCUT2D eigenvalue weighted by Crippen LogP contribution is 2.13. The summed E-state index contributed by atoms with van der Waals surface area (Å²) in [4.78, 5) is 13.4. The summed E-state index contributed by atoms with van der Waals surface area (Å²) in [7, 11) is 0. The summed E-state index contributed by atoms with van der Waals surface area (Å²) in [6.45, 7) is 2.95. The number of isocyanates is 1. The Balaban J connectivity index is 2.94. The van der Waals surface area contributed by atoms with E-state index in [4.69, 9.17) is 0 Å². The van der Waals surface area contributed by atoms with Crippen molar-refractivity contribution in [1.82, 2.24) is 0 Å². The van der Waals surface area contributed by atoms with Gasteiger partial charge in [-0.15, -0.1) is 0 Å². The molecule has 0 heterocycles. The van der Waals surface area contributed by atoms with E-state index >= 15 is 0 Å². The third kappa shape index (κ3) is 17.4. The Labute approximate surface area is 126 Å². The SMILES string of the molecule is CCCCCCCCCCCCCCCCCN=C=O. The molecule has 0 fully saturated rings. The van der Waals surface area contributed by atoms with E-state index in [1.165, 1.54) is 89.9 Å². The van der Waals surface area contributed by atoms with Crippen molar-refractivity contribution in [3.8, 4) is 0 Å². The molecule has 0 aromatic heterocycles. The van der Waals surface area contributed by atoms with Crippen LogP contribution < -0.4 is 0 Å². The standard InChI is InChI=1S/C18H35NO/c1-2-3-4-5-6-7-8-9-10-11-12-13-14-15-16-17-19-18-20/h2-17H2,1H3. The molecule has 0 aliphatic rings. The largest absolute Gasteiger partial charge is 0.234 e. The van der Waals surface area contributed by atoms with Crippen LogP contribution in [0.4, 0.5) is 0 Å². The smallest absolute Gasteiger partial charge is 0.211 e. The van der Waals surface area contributed by atoms with Gasteiger partial charge in [-0.05, 0) is 6.42 Å². The highest BCUT2D eigenvalue weighted by molar-refractivity contribution is 5.32. The van der Waals surface area contributed by atoms with Gasteiger partial charge in [0.25, 0.3) is 0 Å². The number of rotatable bonds is 16. The lowest BCUT2D eigenvalue weighted by Gasteiger charge is -2.02. The fraction of sp³-hybridized carbons (Fsp3) is 0.944. The van der Waals surface area contributed by atoms with E-state index in [1.54, 1.807) is 6.08 Å². The number of hydrogen-bond acceptors (Lipinski definition) is 2. The molecular formula is C18H35NO. The summed E-state index contributed by atoms with van der Waals surface area (Å²) >= 11 is 0. The van der Waals surface area contributed by atoms with Gasteiger partial charge in [-0.25, -0.2) is 9.79 Å².